The fraction of sp³-hybridized carbons (Fsp3) is 0.500. The molecule has 0 bridgehead atoms. The molecule has 1 atom stereocenters. The molecule has 1 aromatic rings. The minimum Gasteiger partial charge on any atom is -0.496 e. The van der Waals surface area contributed by atoms with Crippen LogP contribution in [0.2, 0.25) is 0 Å². The van der Waals surface area contributed by atoms with Gasteiger partial charge in [-0.3, -0.25) is 0 Å². The Morgan fingerprint density at radius 1 is 1.33 bits per heavy atom. The van der Waals surface area contributed by atoms with Gasteiger partial charge >= 0.3 is 0 Å². The topological polar surface area (TPSA) is 44.5 Å². The van der Waals surface area contributed by atoms with E-state index in [1.165, 1.54) is 0 Å². The monoisotopic (exact) mass is 209 g/mol. The Morgan fingerprint density at radius 2 is 2.07 bits per heavy atom. The molecule has 15 heavy (non-hydrogen) atoms. The summed E-state index contributed by atoms with van der Waals surface area (Å²) in [4.78, 5) is 0. The maximum atomic E-state index is 5.69. The van der Waals surface area contributed by atoms with Crippen molar-refractivity contribution >= 4 is 0 Å². The van der Waals surface area contributed by atoms with Gasteiger partial charge in [0.2, 0.25) is 0 Å². The second kappa shape index (κ2) is 6.43. The zero-order chi connectivity index (χ0) is 11.1. The Bertz CT molecular complexity index is 289. The van der Waals surface area contributed by atoms with Gasteiger partial charge in [-0.15, -0.1) is 0 Å². The van der Waals surface area contributed by atoms with Gasteiger partial charge in [0.1, 0.15) is 5.75 Å². The fourth-order valence-corrected chi connectivity index (χ4v) is 1.48. The zero-order valence-electron chi connectivity index (χ0n) is 9.40. The van der Waals surface area contributed by atoms with Gasteiger partial charge in [0.15, 0.2) is 0 Å². The lowest BCUT2D eigenvalue weighted by Gasteiger charge is -2.18. The van der Waals surface area contributed by atoms with Crippen molar-refractivity contribution in [1.29, 1.82) is 0 Å². The molecule has 2 N–H and O–H groups in total. The SMILES string of the molecule is CCCOC(CN)c1ccccc1OC. The molecule has 1 rings (SSSR count). The molecule has 0 spiro atoms. The summed E-state index contributed by atoms with van der Waals surface area (Å²) in [5, 5.41) is 0. The summed E-state index contributed by atoms with van der Waals surface area (Å²) in [5.74, 6) is 0.837. The van der Waals surface area contributed by atoms with Crippen LogP contribution in [0.1, 0.15) is 25.0 Å². The molecule has 0 saturated carbocycles. The van der Waals surface area contributed by atoms with Crippen LogP contribution in [0.25, 0.3) is 0 Å². The maximum absolute atomic E-state index is 5.69. The third-order valence-corrected chi connectivity index (χ3v) is 2.22. The Kier molecular flexibility index (Phi) is 5.15. The van der Waals surface area contributed by atoms with Crippen LogP contribution in [-0.4, -0.2) is 20.3 Å². The summed E-state index contributed by atoms with van der Waals surface area (Å²) in [6.45, 7) is 3.27. The number of ether oxygens (including phenoxy) is 2. The van der Waals surface area contributed by atoms with Crippen molar-refractivity contribution in [2.75, 3.05) is 20.3 Å². The van der Waals surface area contributed by atoms with Crippen molar-refractivity contribution < 1.29 is 9.47 Å². The van der Waals surface area contributed by atoms with Crippen LogP contribution >= 0.6 is 0 Å². The Morgan fingerprint density at radius 3 is 2.67 bits per heavy atom. The number of nitrogens with two attached hydrogens (primary N) is 1. The highest BCUT2D eigenvalue weighted by Crippen LogP contribution is 2.26. The molecule has 0 saturated heterocycles. The van der Waals surface area contributed by atoms with E-state index in [1.54, 1.807) is 7.11 Å². The Balaban J connectivity index is 2.80. The van der Waals surface area contributed by atoms with E-state index in [2.05, 4.69) is 6.92 Å². The lowest BCUT2D eigenvalue weighted by molar-refractivity contribution is 0.0574. The molecule has 0 aromatic heterocycles. The first-order valence-corrected chi connectivity index (χ1v) is 5.28. The van der Waals surface area contributed by atoms with Gasteiger partial charge in [0, 0.05) is 18.7 Å². The van der Waals surface area contributed by atoms with Gasteiger partial charge in [0.05, 0.1) is 13.2 Å². The van der Waals surface area contributed by atoms with E-state index in [9.17, 15) is 0 Å². The first kappa shape index (κ1) is 12.0. The highest BCUT2D eigenvalue weighted by molar-refractivity contribution is 5.35. The van der Waals surface area contributed by atoms with E-state index < -0.39 is 0 Å². The average molecular weight is 209 g/mol. The smallest absolute Gasteiger partial charge is 0.124 e. The van der Waals surface area contributed by atoms with Crippen LogP contribution in [-0.2, 0) is 4.74 Å². The van der Waals surface area contributed by atoms with E-state index >= 15 is 0 Å². The van der Waals surface area contributed by atoms with Crippen molar-refractivity contribution in [3.05, 3.63) is 29.8 Å². The number of hydrogen-bond acceptors (Lipinski definition) is 3. The van der Waals surface area contributed by atoms with Crippen LogP contribution in [0.5, 0.6) is 5.75 Å². The van der Waals surface area contributed by atoms with Gasteiger partial charge in [-0.1, -0.05) is 25.1 Å². The third-order valence-electron chi connectivity index (χ3n) is 2.22. The minimum atomic E-state index is -0.0684. The normalized spacial score (nSPS) is 12.5. The molecule has 1 unspecified atom stereocenters. The first-order valence-electron chi connectivity index (χ1n) is 5.28. The molecule has 0 aliphatic heterocycles. The predicted octanol–water partition coefficient (Wildman–Crippen LogP) is 2.12. The van der Waals surface area contributed by atoms with Crippen molar-refractivity contribution in [3.8, 4) is 5.75 Å². The summed E-state index contributed by atoms with van der Waals surface area (Å²) >= 11 is 0. The van der Waals surface area contributed by atoms with E-state index in [4.69, 9.17) is 15.2 Å². The molecular weight excluding hydrogens is 190 g/mol. The van der Waals surface area contributed by atoms with Gasteiger partial charge in [0.25, 0.3) is 0 Å². The average Bonchev–Trinajstić information content (AvgIpc) is 2.30. The number of methoxy groups -OCH3 is 1. The van der Waals surface area contributed by atoms with Crippen LogP contribution < -0.4 is 10.5 Å². The second-order valence-electron chi connectivity index (χ2n) is 3.34. The van der Waals surface area contributed by atoms with Crippen molar-refractivity contribution in [2.24, 2.45) is 5.73 Å². The van der Waals surface area contributed by atoms with Crippen LogP contribution in [0.4, 0.5) is 0 Å². The lowest BCUT2D eigenvalue weighted by Crippen LogP contribution is -2.17. The maximum Gasteiger partial charge on any atom is 0.124 e. The van der Waals surface area contributed by atoms with Crippen LogP contribution in [0.15, 0.2) is 24.3 Å². The summed E-state index contributed by atoms with van der Waals surface area (Å²) < 4.78 is 10.9. The molecule has 0 aliphatic carbocycles. The van der Waals surface area contributed by atoms with E-state index in [0.29, 0.717) is 6.54 Å². The first-order chi connectivity index (χ1) is 7.33. The van der Waals surface area contributed by atoms with Crippen molar-refractivity contribution in [3.63, 3.8) is 0 Å². The Hall–Kier alpha value is -1.06. The highest BCUT2D eigenvalue weighted by Gasteiger charge is 2.13. The fourth-order valence-electron chi connectivity index (χ4n) is 1.48. The largest absolute Gasteiger partial charge is 0.496 e. The zero-order valence-corrected chi connectivity index (χ0v) is 9.40. The minimum absolute atomic E-state index is 0.0684. The van der Waals surface area contributed by atoms with Gasteiger partial charge < -0.3 is 15.2 Å². The molecule has 3 heteroatoms. The predicted molar refractivity (Wildman–Crippen MR) is 61.0 cm³/mol. The summed E-state index contributed by atoms with van der Waals surface area (Å²) in [6.07, 6.45) is 0.923. The molecule has 3 nitrogen and oxygen atoms in total. The van der Waals surface area contributed by atoms with E-state index in [1.807, 2.05) is 24.3 Å². The van der Waals surface area contributed by atoms with Gasteiger partial charge in [-0.25, -0.2) is 0 Å². The Labute approximate surface area is 91.2 Å². The molecule has 84 valence electrons. The van der Waals surface area contributed by atoms with E-state index in [-0.39, 0.29) is 6.10 Å². The summed E-state index contributed by atoms with van der Waals surface area (Å²) in [6, 6.07) is 7.82. The summed E-state index contributed by atoms with van der Waals surface area (Å²) in [5.41, 5.74) is 6.71. The van der Waals surface area contributed by atoms with Crippen LogP contribution in [0.3, 0.4) is 0 Å². The number of rotatable bonds is 6. The van der Waals surface area contributed by atoms with Crippen molar-refractivity contribution in [1.82, 2.24) is 0 Å². The van der Waals surface area contributed by atoms with Crippen LogP contribution in [0, 0.1) is 0 Å². The summed E-state index contributed by atoms with van der Waals surface area (Å²) in [7, 11) is 1.66. The molecule has 0 amide bonds. The van der Waals surface area contributed by atoms with Gasteiger partial charge in [-0.05, 0) is 12.5 Å². The molecule has 1 aromatic carbocycles. The number of benzene rings is 1. The lowest BCUT2D eigenvalue weighted by atomic mass is 10.1. The number of hydrogen-bond donors (Lipinski definition) is 1. The molecule has 0 aliphatic rings. The number of para-hydroxylation sites is 1. The highest BCUT2D eigenvalue weighted by atomic mass is 16.5. The molecule has 0 radical (unpaired) electrons. The third kappa shape index (κ3) is 3.22. The molecule has 0 fully saturated rings. The van der Waals surface area contributed by atoms with Gasteiger partial charge in [-0.2, -0.15) is 0 Å². The van der Waals surface area contributed by atoms with Crippen molar-refractivity contribution in [2.45, 2.75) is 19.4 Å². The standard InChI is InChI=1S/C12H19NO2/c1-3-8-15-12(9-13)10-6-4-5-7-11(10)14-2/h4-7,12H,3,8-9,13H2,1-2H3. The molecule has 0 heterocycles. The quantitative estimate of drug-likeness (QED) is 0.780. The molecular formula is C12H19NO2. The second-order valence-corrected chi connectivity index (χ2v) is 3.34. The van der Waals surface area contributed by atoms with E-state index in [0.717, 1.165) is 24.3 Å².